The fraction of sp³-hybridized carbons (Fsp3) is 0.235. The predicted molar refractivity (Wildman–Crippen MR) is 86.7 cm³/mol. The van der Waals surface area contributed by atoms with Gasteiger partial charge in [-0.05, 0) is 50.2 Å². The molecule has 2 aliphatic heterocycles. The Bertz CT molecular complexity index is 930. The number of furan rings is 1. The first kappa shape index (κ1) is 14.2. The Kier molecular flexibility index (Phi) is 2.69. The largest absolute Gasteiger partial charge is 0.737 e. The molecule has 0 radical (unpaired) electrons. The van der Waals surface area contributed by atoms with Crippen LogP contribution in [0.5, 0.6) is 0 Å². The second-order valence-electron chi connectivity index (χ2n) is 6.32. The van der Waals surface area contributed by atoms with E-state index in [1.165, 1.54) is 8.96 Å². The fourth-order valence-corrected chi connectivity index (χ4v) is 3.95. The van der Waals surface area contributed by atoms with Crippen LogP contribution in [0.1, 0.15) is 36.6 Å². The predicted octanol–water partition coefficient (Wildman–Crippen LogP) is 4.13. The van der Waals surface area contributed by atoms with E-state index in [-0.39, 0.29) is 0 Å². The van der Waals surface area contributed by atoms with Gasteiger partial charge < -0.3 is 22.0 Å². The first-order valence-corrected chi connectivity index (χ1v) is 7.65. The van der Waals surface area contributed by atoms with Crippen LogP contribution in [-0.4, -0.2) is 21.6 Å². The molecule has 2 aromatic heterocycles. The van der Waals surface area contributed by atoms with Gasteiger partial charge >= 0.3 is 6.97 Å². The topological polar surface area (TPSA) is 21.1 Å². The summed E-state index contributed by atoms with van der Waals surface area (Å²) in [5.74, 6) is 0.612. The van der Waals surface area contributed by atoms with Crippen molar-refractivity contribution < 1.29 is 17.5 Å². The maximum absolute atomic E-state index is 15.3. The van der Waals surface area contributed by atoms with Gasteiger partial charge in [0.25, 0.3) is 0 Å². The zero-order valence-electron chi connectivity index (χ0n) is 13.5. The average Bonchev–Trinajstić information content (AvgIpc) is 3.12. The quantitative estimate of drug-likeness (QED) is 0.725. The molecule has 4 heterocycles. The zero-order valence-corrected chi connectivity index (χ0v) is 13.5. The summed E-state index contributed by atoms with van der Waals surface area (Å²) in [5, 5.41) is 0. The number of fused-ring (bicyclic) bond motifs is 2. The minimum atomic E-state index is -3.92. The molecule has 23 heavy (non-hydrogen) atoms. The Morgan fingerprint density at radius 1 is 1.17 bits per heavy atom. The number of aromatic nitrogens is 1. The van der Waals surface area contributed by atoms with Gasteiger partial charge in [-0.15, -0.1) is 0 Å². The SMILES string of the molecule is CC1=CC(C)=[N+]2C1=C(c1ccco1)c1c(C)cc(C)n1[B-]2(F)F. The number of nitrogens with zero attached hydrogens (tertiary/aromatic N) is 2. The summed E-state index contributed by atoms with van der Waals surface area (Å²) in [4.78, 5) is 0. The van der Waals surface area contributed by atoms with E-state index in [1.54, 1.807) is 26.2 Å². The van der Waals surface area contributed by atoms with E-state index in [1.807, 2.05) is 32.1 Å². The molecule has 0 atom stereocenters. The maximum Gasteiger partial charge on any atom is 0.737 e. The summed E-state index contributed by atoms with van der Waals surface area (Å²) in [6, 6.07) is 5.42. The summed E-state index contributed by atoms with van der Waals surface area (Å²) in [6.45, 7) is 3.27. The number of hydrogen-bond donors (Lipinski definition) is 0. The molecule has 0 N–H and O–H groups in total. The van der Waals surface area contributed by atoms with Crippen LogP contribution in [0.25, 0.3) is 5.57 Å². The highest BCUT2D eigenvalue weighted by Gasteiger charge is 2.55. The lowest BCUT2D eigenvalue weighted by molar-refractivity contribution is -0.363. The molecule has 2 aliphatic rings. The molecule has 0 saturated carbocycles. The van der Waals surface area contributed by atoms with Crippen molar-refractivity contribution in [3.05, 3.63) is 64.5 Å². The number of halogens is 2. The molecule has 0 bridgehead atoms. The van der Waals surface area contributed by atoms with Crippen LogP contribution in [0.3, 0.4) is 0 Å². The highest BCUT2D eigenvalue weighted by Crippen LogP contribution is 2.43. The Balaban J connectivity index is 2.20. The molecule has 0 spiro atoms. The molecular formula is C17H17BF2N2O. The normalized spacial score (nSPS) is 19.1. The first-order valence-electron chi connectivity index (χ1n) is 7.65. The Labute approximate surface area is 133 Å². The summed E-state index contributed by atoms with van der Waals surface area (Å²) in [7, 11) is 0. The van der Waals surface area contributed by atoms with Crippen LogP contribution in [-0.2, 0) is 0 Å². The van der Waals surface area contributed by atoms with Crippen LogP contribution in [0.2, 0.25) is 0 Å². The van der Waals surface area contributed by atoms with E-state index in [4.69, 9.17) is 4.42 Å². The van der Waals surface area contributed by atoms with Crippen molar-refractivity contribution in [2.75, 3.05) is 0 Å². The molecule has 2 aromatic rings. The number of aryl methyl sites for hydroxylation is 2. The van der Waals surface area contributed by atoms with E-state index in [0.717, 1.165) is 16.7 Å². The molecule has 3 nitrogen and oxygen atoms in total. The molecular weight excluding hydrogens is 297 g/mol. The Morgan fingerprint density at radius 3 is 2.57 bits per heavy atom. The summed E-state index contributed by atoms with van der Waals surface area (Å²) in [6.07, 6.45) is 3.39. The van der Waals surface area contributed by atoms with E-state index in [9.17, 15) is 0 Å². The monoisotopic (exact) mass is 314 g/mol. The van der Waals surface area contributed by atoms with Gasteiger partial charge in [-0.1, -0.05) is 0 Å². The van der Waals surface area contributed by atoms with Crippen molar-refractivity contribution >= 4 is 18.3 Å². The minimum absolute atomic E-state index is 0.552. The van der Waals surface area contributed by atoms with Crippen LogP contribution in [0, 0.1) is 13.8 Å². The Hall–Kier alpha value is -2.37. The number of hydrogen-bond acceptors (Lipinski definition) is 1. The van der Waals surface area contributed by atoms with Gasteiger partial charge in [0.15, 0.2) is 5.70 Å². The van der Waals surface area contributed by atoms with E-state index in [2.05, 4.69) is 0 Å². The van der Waals surface area contributed by atoms with Gasteiger partial charge in [-0.3, -0.25) is 0 Å². The summed E-state index contributed by atoms with van der Waals surface area (Å²) in [5.41, 5.74) is 4.62. The van der Waals surface area contributed by atoms with Gasteiger partial charge in [-0.25, -0.2) is 0 Å². The van der Waals surface area contributed by atoms with Crippen molar-refractivity contribution in [2.45, 2.75) is 27.7 Å². The van der Waals surface area contributed by atoms with E-state index < -0.39 is 6.97 Å². The minimum Gasteiger partial charge on any atom is -0.464 e. The molecule has 0 aliphatic carbocycles. The van der Waals surface area contributed by atoms with Crippen LogP contribution in [0.4, 0.5) is 8.63 Å². The number of rotatable bonds is 1. The van der Waals surface area contributed by atoms with E-state index >= 15 is 8.63 Å². The second kappa shape index (κ2) is 4.34. The van der Waals surface area contributed by atoms with Gasteiger partial charge in [0.05, 0.1) is 6.26 Å². The van der Waals surface area contributed by atoms with Crippen LogP contribution in [0.15, 0.2) is 46.2 Å². The highest BCUT2D eigenvalue weighted by atomic mass is 19.2. The fourth-order valence-electron chi connectivity index (χ4n) is 3.95. The van der Waals surface area contributed by atoms with Gasteiger partial charge in [0.2, 0.25) is 0 Å². The van der Waals surface area contributed by atoms with Gasteiger partial charge in [-0.2, -0.15) is 0 Å². The molecule has 118 valence electrons. The third kappa shape index (κ3) is 1.66. The summed E-state index contributed by atoms with van der Waals surface area (Å²) >= 11 is 0. The maximum atomic E-state index is 15.3. The molecule has 0 unspecified atom stereocenters. The third-order valence-corrected chi connectivity index (χ3v) is 4.70. The Morgan fingerprint density at radius 2 is 1.91 bits per heavy atom. The third-order valence-electron chi connectivity index (χ3n) is 4.70. The first-order chi connectivity index (χ1) is 10.8. The molecule has 0 fully saturated rings. The molecule has 0 saturated heterocycles. The van der Waals surface area contributed by atoms with E-state index in [0.29, 0.717) is 28.6 Å². The van der Waals surface area contributed by atoms with Crippen LogP contribution < -0.4 is 0 Å². The van der Waals surface area contributed by atoms with Crippen molar-refractivity contribution in [3.8, 4) is 0 Å². The van der Waals surface area contributed by atoms with Crippen LogP contribution >= 0.6 is 0 Å². The van der Waals surface area contributed by atoms with Gasteiger partial charge in [0.1, 0.15) is 17.0 Å². The molecule has 0 amide bonds. The summed E-state index contributed by atoms with van der Waals surface area (Å²) < 4.78 is 38.5. The lowest BCUT2D eigenvalue weighted by atomic mass is 9.85. The van der Waals surface area contributed by atoms with Crippen molar-refractivity contribution in [3.63, 3.8) is 0 Å². The van der Waals surface area contributed by atoms with Crippen molar-refractivity contribution in [2.24, 2.45) is 0 Å². The lowest BCUT2D eigenvalue weighted by Gasteiger charge is -2.33. The average molecular weight is 314 g/mol. The molecule has 4 rings (SSSR count). The van der Waals surface area contributed by atoms with Gasteiger partial charge in [0, 0.05) is 24.3 Å². The zero-order chi connectivity index (χ0) is 16.5. The lowest BCUT2D eigenvalue weighted by Crippen LogP contribution is -2.51. The smallest absolute Gasteiger partial charge is 0.464 e. The molecule has 0 aromatic carbocycles. The van der Waals surface area contributed by atoms with Crippen molar-refractivity contribution in [1.29, 1.82) is 0 Å². The second-order valence-corrected chi connectivity index (χ2v) is 6.32. The highest BCUT2D eigenvalue weighted by molar-refractivity contribution is 6.58. The molecule has 6 heteroatoms. The van der Waals surface area contributed by atoms with Crippen molar-refractivity contribution in [1.82, 2.24) is 4.48 Å². The number of allylic oxidation sites excluding steroid dienone is 2. The standard InChI is InChI=1S/C17H17BF2N2O/c1-10-8-12(3)21-16(10)15(14-6-5-7-23-14)17-11(2)9-13(4)22(17)18(21,19)20/h5-9H,1-4H3.